The number of esters is 1. The van der Waals surface area contributed by atoms with E-state index in [2.05, 4.69) is 4.74 Å². The van der Waals surface area contributed by atoms with Gasteiger partial charge in [0.1, 0.15) is 37.1 Å². The maximum atomic E-state index is 11.0. The van der Waals surface area contributed by atoms with Crippen LogP contribution >= 0.6 is 0 Å². The lowest BCUT2D eigenvalue weighted by atomic mass is 10.1. The minimum absolute atomic E-state index is 0.318. The molecule has 0 aromatic carbocycles. The van der Waals surface area contributed by atoms with E-state index in [1.807, 2.05) is 0 Å². The molecule has 92 valence electrons. The third-order valence-corrected chi connectivity index (χ3v) is 2.14. The monoisotopic (exact) mass is 234 g/mol. The number of carbonyl (C=O) groups is 2. The summed E-state index contributed by atoms with van der Waals surface area (Å²) < 4.78 is 9.37. The van der Waals surface area contributed by atoms with Crippen molar-refractivity contribution < 1.29 is 34.4 Å². The van der Waals surface area contributed by atoms with Crippen LogP contribution in [0, 0.1) is 0 Å². The largest absolute Gasteiger partial charge is 0.462 e. The van der Waals surface area contributed by atoms with Crippen LogP contribution in [0.1, 0.15) is 13.3 Å². The normalized spacial score (nSPS) is 33.8. The van der Waals surface area contributed by atoms with Crippen LogP contribution < -0.4 is 0 Å². The number of aliphatic hydroxyl groups excluding tert-OH is 3. The molecule has 0 spiro atoms. The highest BCUT2D eigenvalue weighted by molar-refractivity contribution is 5.94. The van der Waals surface area contributed by atoms with Gasteiger partial charge in [0.2, 0.25) is 0 Å². The quantitative estimate of drug-likeness (QED) is 0.379. The second kappa shape index (κ2) is 5.35. The minimum atomic E-state index is -1.49. The molecule has 1 aliphatic heterocycles. The Morgan fingerprint density at radius 1 is 1.25 bits per heavy atom. The first-order valence-electron chi connectivity index (χ1n) is 4.76. The number of Topliss-reactive ketones (excluding diaryl/α,β-unsaturated/α-hetero) is 1. The summed E-state index contributed by atoms with van der Waals surface area (Å²) in [5, 5.41) is 27.5. The Hall–Kier alpha value is -1.02. The number of hydrogen-bond acceptors (Lipinski definition) is 7. The average molecular weight is 234 g/mol. The smallest absolute Gasteiger partial charge is 0.313 e. The fourth-order valence-electron chi connectivity index (χ4n) is 1.30. The molecule has 0 aromatic rings. The number of rotatable bonds is 4. The molecular formula is C9H14O7. The summed E-state index contributed by atoms with van der Waals surface area (Å²) in [5.74, 6) is -1.07. The summed E-state index contributed by atoms with van der Waals surface area (Å²) in [4.78, 5) is 21.5. The molecule has 0 saturated carbocycles. The van der Waals surface area contributed by atoms with Gasteiger partial charge in [-0.05, 0) is 6.92 Å². The van der Waals surface area contributed by atoms with Crippen molar-refractivity contribution in [3.8, 4) is 0 Å². The molecule has 4 atom stereocenters. The van der Waals surface area contributed by atoms with Crippen molar-refractivity contribution in [2.45, 2.75) is 37.9 Å². The minimum Gasteiger partial charge on any atom is -0.462 e. The number of ether oxygens (including phenoxy) is 2. The molecule has 0 unspecified atom stereocenters. The molecule has 1 fully saturated rings. The topological polar surface area (TPSA) is 113 Å². The Morgan fingerprint density at radius 2 is 1.88 bits per heavy atom. The number of ketones is 1. The van der Waals surface area contributed by atoms with Crippen LogP contribution in [0.25, 0.3) is 0 Å². The Morgan fingerprint density at radius 3 is 2.31 bits per heavy atom. The van der Waals surface area contributed by atoms with E-state index in [0.717, 1.165) is 0 Å². The third-order valence-electron chi connectivity index (χ3n) is 2.14. The lowest BCUT2D eigenvalue weighted by Crippen LogP contribution is -2.34. The van der Waals surface area contributed by atoms with Crippen LogP contribution in [0.15, 0.2) is 0 Å². The van der Waals surface area contributed by atoms with Crippen molar-refractivity contribution in [2.24, 2.45) is 0 Å². The summed E-state index contributed by atoms with van der Waals surface area (Å²) in [6, 6.07) is 0. The van der Waals surface area contributed by atoms with Gasteiger partial charge in [0.15, 0.2) is 6.29 Å². The summed E-state index contributed by atoms with van der Waals surface area (Å²) in [6.07, 6.45) is -5.57. The maximum absolute atomic E-state index is 11.0. The van der Waals surface area contributed by atoms with Crippen LogP contribution in [0.2, 0.25) is 0 Å². The Kier molecular flexibility index (Phi) is 4.36. The highest BCUT2D eigenvalue weighted by Gasteiger charge is 2.42. The molecule has 1 aliphatic rings. The predicted molar refractivity (Wildman–Crippen MR) is 49.2 cm³/mol. The molecule has 3 N–H and O–H groups in total. The first kappa shape index (κ1) is 13.0. The zero-order valence-corrected chi connectivity index (χ0v) is 8.70. The number of carbonyl (C=O) groups excluding carboxylic acids is 2. The van der Waals surface area contributed by atoms with Gasteiger partial charge in [-0.15, -0.1) is 0 Å². The van der Waals surface area contributed by atoms with Gasteiger partial charge in [0.25, 0.3) is 0 Å². The van der Waals surface area contributed by atoms with Gasteiger partial charge < -0.3 is 24.8 Å². The van der Waals surface area contributed by atoms with E-state index >= 15 is 0 Å². The van der Waals surface area contributed by atoms with Gasteiger partial charge in [-0.3, -0.25) is 9.59 Å². The summed E-state index contributed by atoms with van der Waals surface area (Å²) in [5.41, 5.74) is 0. The number of aliphatic hydroxyl groups is 3. The summed E-state index contributed by atoms with van der Waals surface area (Å²) in [6.45, 7) is 0.928. The fraction of sp³-hybridized carbons (Fsp3) is 0.778. The van der Waals surface area contributed by atoms with Crippen molar-refractivity contribution in [1.29, 1.82) is 0 Å². The van der Waals surface area contributed by atoms with Crippen LogP contribution in [0.4, 0.5) is 0 Å². The Balaban J connectivity index is 2.33. The predicted octanol–water partition coefficient (Wildman–Crippen LogP) is -2.05. The van der Waals surface area contributed by atoms with Gasteiger partial charge in [0, 0.05) is 0 Å². The summed E-state index contributed by atoms with van der Waals surface area (Å²) >= 11 is 0. The molecule has 0 aromatic heterocycles. The van der Waals surface area contributed by atoms with E-state index in [4.69, 9.17) is 14.9 Å². The maximum Gasteiger partial charge on any atom is 0.313 e. The molecule has 7 heteroatoms. The van der Waals surface area contributed by atoms with Crippen LogP contribution in [0.3, 0.4) is 0 Å². The second-order valence-electron chi connectivity index (χ2n) is 3.61. The van der Waals surface area contributed by atoms with Gasteiger partial charge >= 0.3 is 5.97 Å². The number of hydrogen-bond donors (Lipinski definition) is 3. The van der Waals surface area contributed by atoms with Crippen LogP contribution in [0.5, 0.6) is 0 Å². The standard InChI is InChI=1S/C9H14O7/c1-4(10)2-6(11)15-3-5-7(12)8(13)9(14)16-5/h5,7-9,12-14H,2-3H2,1H3/t5-,7-,8+,9+/m1/s1. The zero-order chi connectivity index (χ0) is 12.3. The van der Waals surface area contributed by atoms with E-state index in [9.17, 15) is 14.7 Å². The van der Waals surface area contributed by atoms with Crippen LogP contribution in [-0.4, -0.2) is 58.3 Å². The molecular weight excluding hydrogens is 220 g/mol. The molecule has 7 nitrogen and oxygen atoms in total. The van der Waals surface area contributed by atoms with Gasteiger partial charge in [-0.25, -0.2) is 0 Å². The lowest BCUT2D eigenvalue weighted by Gasteiger charge is -2.13. The van der Waals surface area contributed by atoms with Crippen molar-refractivity contribution in [1.82, 2.24) is 0 Å². The van der Waals surface area contributed by atoms with Crippen molar-refractivity contribution >= 4 is 11.8 Å². The first-order chi connectivity index (χ1) is 7.41. The molecule has 0 radical (unpaired) electrons. The van der Waals surface area contributed by atoms with Gasteiger partial charge in [0.05, 0.1) is 0 Å². The van der Waals surface area contributed by atoms with E-state index < -0.39 is 30.6 Å². The zero-order valence-electron chi connectivity index (χ0n) is 8.70. The lowest BCUT2D eigenvalue weighted by molar-refractivity contribution is -0.158. The Bertz CT molecular complexity index is 277. The second-order valence-corrected chi connectivity index (χ2v) is 3.61. The molecule has 16 heavy (non-hydrogen) atoms. The van der Waals surface area contributed by atoms with E-state index in [1.54, 1.807) is 0 Å². The molecule has 1 heterocycles. The average Bonchev–Trinajstić information content (AvgIpc) is 2.42. The summed E-state index contributed by atoms with van der Waals surface area (Å²) in [7, 11) is 0. The molecule has 1 rings (SSSR count). The van der Waals surface area contributed by atoms with Crippen LogP contribution in [-0.2, 0) is 19.1 Å². The Labute approximate surface area is 91.6 Å². The van der Waals surface area contributed by atoms with Crippen molar-refractivity contribution in [3.05, 3.63) is 0 Å². The van der Waals surface area contributed by atoms with Crippen molar-refractivity contribution in [2.75, 3.05) is 6.61 Å². The molecule has 1 saturated heterocycles. The molecule has 0 aliphatic carbocycles. The first-order valence-corrected chi connectivity index (χ1v) is 4.76. The SMILES string of the molecule is CC(=O)CC(=O)OC[C@H]1O[C@H](O)[C@@H](O)[C@@H]1O. The van der Waals surface area contributed by atoms with Crippen molar-refractivity contribution in [3.63, 3.8) is 0 Å². The highest BCUT2D eigenvalue weighted by atomic mass is 16.7. The fourth-order valence-corrected chi connectivity index (χ4v) is 1.30. The third kappa shape index (κ3) is 3.24. The highest BCUT2D eigenvalue weighted by Crippen LogP contribution is 2.19. The van der Waals surface area contributed by atoms with E-state index in [-0.39, 0.29) is 18.8 Å². The van der Waals surface area contributed by atoms with Gasteiger partial charge in [-0.2, -0.15) is 0 Å². The molecule has 0 bridgehead atoms. The van der Waals surface area contributed by atoms with E-state index in [1.165, 1.54) is 6.92 Å². The van der Waals surface area contributed by atoms with Gasteiger partial charge in [-0.1, -0.05) is 0 Å². The molecule has 0 amide bonds. The van der Waals surface area contributed by atoms with E-state index in [0.29, 0.717) is 0 Å².